The van der Waals surface area contributed by atoms with Crippen LogP contribution in [0.5, 0.6) is 0 Å². The second-order valence-corrected chi connectivity index (χ2v) is 2.87. The Balaban J connectivity index is 2.40. The molecule has 0 atom stereocenters. The highest BCUT2D eigenvalue weighted by molar-refractivity contribution is 5.86. The highest BCUT2D eigenvalue weighted by Crippen LogP contribution is 2.18. The summed E-state index contributed by atoms with van der Waals surface area (Å²) in [5.41, 5.74) is 8.02. The van der Waals surface area contributed by atoms with Crippen LogP contribution in [0.2, 0.25) is 0 Å². The number of allylic oxidation sites excluding steroid dienone is 2. The van der Waals surface area contributed by atoms with E-state index in [1.165, 1.54) is 0 Å². The lowest BCUT2D eigenvalue weighted by Gasteiger charge is -2.07. The van der Waals surface area contributed by atoms with Crippen molar-refractivity contribution in [2.45, 2.75) is 19.8 Å². The molecule has 66 valence electrons. The summed E-state index contributed by atoms with van der Waals surface area (Å²) in [7, 11) is 0. The topological polar surface area (TPSA) is 67.5 Å². The van der Waals surface area contributed by atoms with Crippen molar-refractivity contribution in [2.24, 2.45) is 16.8 Å². The Bertz CT molecular complexity index is 224. The van der Waals surface area contributed by atoms with Crippen LogP contribution in [-0.2, 0) is 0 Å². The first-order valence-corrected chi connectivity index (χ1v) is 3.95. The Morgan fingerprint density at radius 2 is 2.17 bits per heavy atom. The molecule has 0 unspecified atom stereocenters. The first kappa shape index (κ1) is 8.77. The summed E-state index contributed by atoms with van der Waals surface area (Å²) >= 11 is 0. The molecule has 4 heteroatoms. The van der Waals surface area contributed by atoms with Gasteiger partial charge in [-0.1, -0.05) is 12.2 Å². The summed E-state index contributed by atoms with van der Waals surface area (Å²) in [6.45, 7) is 1.90. The number of nitrogens with two attached hydrogens (primary N) is 1. The molecule has 0 fully saturated rings. The van der Waals surface area contributed by atoms with Gasteiger partial charge in [0.1, 0.15) is 0 Å². The SMILES string of the molecule is C/C(=N/NC(N)=O)C1CC=CC1. The first-order chi connectivity index (χ1) is 5.70. The molecule has 0 bridgehead atoms. The average Bonchev–Trinajstić information content (AvgIpc) is 2.51. The van der Waals surface area contributed by atoms with E-state index < -0.39 is 6.03 Å². The Morgan fingerprint density at radius 1 is 1.58 bits per heavy atom. The van der Waals surface area contributed by atoms with E-state index in [9.17, 15) is 4.79 Å². The molecule has 0 spiro atoms. The lowest BCUT2D eigenvalue weighted by molar-refractivity contribution is 0.249. The number of primary amides is 1. The summed E-state index contributed by atoms with van der Waals surface area (Å²) in [5.74, 6) is 0.442. The van der Waals surface area contributed by atoms with Crippen molar-refractivity contribution in [3.8, 4) is 0 Å². The van der Waals surface area contributed by atoms with Crippen LogP contribution in [0.3, 0.4) is 0 Å². The molecule has 4 nitrogen and oxygen atoms in total. The molecule has 0 saturated heterocycles. The summed E-state index contributed by atoms with van der Waals surface area (Å²) in [4.78, 5) is 10.3. The minimum absolute atomic E-state index is 0.442. The van der Waals surface area contributed by atoms with E-state index in [1.54, 1.807) is 0 Å². The molecule has 0 heterocycles. The quantitative estimate of drug-likeness (QED) is 0.359. The minimum atomic E-state index is -0.611. The molecule has 1 aliphatic rings. The summed E-state index contributed by atoms with van der Waals surface area (Å²) in [6.07, 6.45) is 6.26. The van der Waals surface area contributed by atoms with E-state index in [-0.39, 0.29) is 0 Å². The van der Waals surface area contributed by atoms with E-state index in [0.29, 0.717) is 5.92 Å². The normalized spacial score (nSPS) is 18.2. The Kier molecular flexibility index (Phi) is 2.85. The number of carbonyl (C=O) groups is 1. The average molecular weight is 167 g/mol. The van der Waals surface area contributed by atoms with Gasteiger partial charge in [-0.15, -0.1) is 0 Å². The highest BCUT2D eigenvalue weighted by Gasteiger charge is 2.13. The van der Waals surface area contributed by atoms with Crippen LogP contribution in [0.15, 0.2) is 17.3 Å². The van der Waals surface area contributed by atoms with Crippen LogP contribution >= 0.6 is 0 Å². The summed E-state index contributed by atoms with van der Waals surface area (Å²) in [6, 6.07) is -0.611. The van der Waals surface area contributed by atoms with Gasteiger partial charge in [-0.3, -0.25) is 0 Å². The van der Waals surface area contributed by atoms with Gasteiger partial charge in [0, 0.05) is 11.6 Å². The van der Waals surface area contributed by atoms with Crippen molar-refractivity contribution >= 4 is 11.7 Å². The van der Waals surface area contributed by atoms with Gasteiger partial charge >= 0.3 is 6.03 Å². The maximum absolute atomic E-state index is 10.3. The van der Waals surface area contributed by atoms with Crippen LogP contribution in [-0.4, -0.2) is 11.7 Å². The number of hydrazone groups is 1. The van der Waals surface area contributed by atoms with Crippen molar-refractivity contribution < 1.29 is 4.79 Å². The molecule has 0 aliphatic heterocycles. The van der Waals surface area contributed by atoms with E-state index in [1.807, 2.05) is 6.92 Å². The fraction of sp³-hybridized carbons (Fsp3) is 0.500. The van der Waals surface area contributed by atoms with E-state index in [2.05, 4.69) is 22.7 Å². The lowest BCUT2D eigenvalue weighted by Crippen LogP contribution is -2.26. The molecule has 0 radical (unpaired) electrons. The van der Waals surface area contributed by atoms with Crippen LogP contribution in [0.1, 0.15) is 19.8 Å². The fourth-order valence-electron chi connectivity index (χ4n) is 1.19. The van der Waals surface area contributed by atoms with Gasteiger partial charge in [0.15, 0.2) is 0 Å². The number of carbonyl (C=O) groups excluding carboxylic acids is 1. The number of hydrogen-bond donors (Lipinski definition) is 2. The molecular weight excluding hydrogens is 154 g/mol. The summed E-state index contributed by atoms with van der Waals surface area (Å²) in [5, 5.41) is 3.86. The van der Waals surface area contributed by atoms with Gasteiger partial charge in [-0.05, 0) is 19.8 Å². The van der Waals surface area contributed by atoms with Crippen molar-refractivity contribution in [1.29, 1.82) is 0 Å². The van der Waals surface area contributed by atoms with E-state index >= 15 is 0 Å². The Morgan fingerprint density at radius 3 is 2.67 bits per heavy atom. The second kappa shape index (κ2) is 3.90. The fourth-order valence-corrected chi connectivity index (χ4v) is 1.19. The smallest absolute Gasteiger partial charge is 0.332 e. The molecule has 0 aromatic rings. The maximum Gasteiger partial charge on any atom is 0.332 e. The first-order valence-electron chi connectivity index (χ1n) is 3.95. The van der Waals surface area contributed by atoms with Gasteiger partial charge in [0.05, 0.1) is 0 Å². The van der Waals surface area contributed by atoms with Gasteiger partial charge in [-0.25, -0.2) is 10.2 Å². The number of rotatable bonds is 2. The number of urea groups is 1. The molecule has 1 rings (SSSR count). The minimum Gasteiger partial charge on any atom is -0.350 e. The molecular formula is C8H13N3O. The molecule has 2 amide bonds. The molecule has 0 aromatic carbocycles. The maximum atomic E-state index is 10.3. The van der Waals surface area contributed by atoms with Crippen molar-refractivity contribution in [3.63, 3.8) is 0 Å². The largest absolute Gasteiger partial charge is 0.350 e. The van der Waals surface area contributed by atoms with Gasteiger partial charge in [0.25, 0.3) is 0 Å². The Labute approximate surface area is 71.5 Å². The van der Waals surface area contributed by atoms with Crippen molar-refractivity contribution in [1.82, 2.24) is 5.43 Å². The predicted molar refractivity (Wildman–Crippen MR) is 47.7 cm³/mol. The zero-order chi connectivity index (χ0) is 8.97. The number of nitrogens with zero attached hydrogens (tertiary/aromatic N) is 1. The second-order valence-electron chi connectivity index (χ2n) is 2.87. The van der Waals surface area contributed by atoms with Gasteiger partial charge < -0.3 is 5.73 Å². The number of nitrogens with one attached hydrogen (secondary N) is 1. The van der Waals surface area contributed by atoms with E-state index in [4.69, 9.17) is 5.73 Å². The zero-order valence-electron chi connectivity index (χ0n) is 7.08. The Hall–Kier alpha value is -1.32. The predicted octanol–water partition coefficient (Wildman–Crippen LogP) is 0.997. The molecule has 3 N–H and O–H groups in total. The zero-order valence-corrected chi connectivity index (χ0v) is 7.08. The van der Waals surface area contributed by atoms with Crippen LogP contribution < -0.4 is 11.2 Å². The van der Waals surface area contributed by atoms with Gasteiger partial charge in [-0.2, -0.15) is 5.10 Å². The lowest BCUT2D eigenvalue weighted by atomic mass is 10.0. The number of hydrogen-bond acceptors (Lipinski definition) is 2. The highest BCUT2D eigenvalue weighted by atomic mass is 16.2. The van der Waals surface area contributed by atoms with Crippen LogP contribution in [0, 0.1) is 5.92 Å². The number of amides is 2. The third kappa shape index (κ3) is 2.38. The molecule has 12 heavy (non-hydrogen) atoms. The van der Waals surface area contributed by atoms with Crippen LogP contribution in [0.4, 0.5) is 4.79 Å². The summed E-state index contributed by atoms with van der Waals surface area (Å²) < 4.78 is 0. The molecule has 0 aromatic heterocycles. The van der Waals surface area contributed by atoms with Crippen molar-refractivity contribution in [2.75, 3.05) is 0 Å². The van der Waals surface area contributed by atoms with Crippen LogP contribution in [0.25, 0.3) is 0 Å². The van der Waals surface area contributed by atoms with E-state index in [0.717, 1.165) is 18.6 Å². The monoisotopic (exact) mass is 167 g/mol. The molecule has 0 saturated carbocycles. The third-order valence-corrected chi connectivity index (χ3v) is 1.94. The van der Waals surface area contributed by atoms with Gasteiger partial charge in [0.2, 0.25) is 0 Å². The molecule has 1 aliphatic carbocycles. The standard InChI is InChI=1S/C8H13N3O/c1-6(10-11-8(9)12)7-4-2-3-5-7/h2-3,7H,4-5H2,1H3,(H3,9,11,12)/b10-6-. The third-order valence-electron chi connectivity index (χ3n) is 1.94. The van der Waals surface area contributed by atoms with Crippen molar-refractivity contribution in [3.05, 3.63) is 12.2 Å².